The highest BCUT2D eigenvalue weighted by Crippen LogP contribution is 2.35. The second-order valence-corrected chi connectivity index (χ2v) is 9.27. The van der Waals surface area contributed by atoms with Crippen LogP contribution in [0.1, 0.15) is 55.6 Å². The quantitative estimate of drug-likeness (QED) is 0.298. The van der Waals surface area contributed by atoms with Crippen LogP contribution in [0.2, 0.25) is 0 Å². The van der Waals surface area contributed by atoms with Gasteiger partial charge in [-0.3, -0.25) is 14.9 Å². The number of nitrogens with one attached hydrogen (secondary N) is 3. The van der Waals surface area contributed by atoms with E-state index in [9.17, 15) is 4.79 Å². The average Bonchev–Trinajstić information content (AvgIpc) is 3.27. The third-order valence-corrected chi connectivity index (χ3v) is 6.96. The summed E-state index contributed by atoms with van der Waals surface area (Å²) >= 11 is 0. The highest BCUT2D eigenvalue weighted by atomic mass is 16.2. The van der Waals surface area contributed by atoms with Crippen LogP contribution in [0, 0.1) is 0 Å². The van der Waals surface area contributed by atoms with Crippen molar-refractivity contribution in [2.24, 2.45) is 0 Å². The Bertz CT molecular complexity index is 1300. The number of benzene rings is 1. The number of hydrogen-bond acceptors (Lipinski definition) is 4. The Kier molecular flexibility index (Phi) is 7.23. The minimum Gasteiger partial charge on any atom is -0.353 e. The van der Waals surface area contributed by atoms with Gasteiger partial charge in [0.25, 0.3) is 0 Å². The molecular formula is C28H34N6O. The normalized spacial score (nSPS) is 15.4. The van der Waals surface area contributed by atoms with E-state index in [4.69, 9.17) is 9.97 Å². The maximum absolute atomic E-state index is 11.7. The van der Waals surface area contributed by atoms with E-state index >= 15 is 0 Å². The SMILES string of the molecule is CCNC(=O)NCCCCN(Cc1nccc2c1[nH]c1ccccc12)[C@H]1CCCc2cccnc21. The Labute approximate surface area is 206 Å². The lowest BCUT2D eigenvalue weighted by molar-refractivity contribution is 0.161. The number of amides is 2. The van der Waals surface area contributed by atoms with Crippen molar-refractivity contribution in [1.82, 2.24) is 30.5 Å². The first kappa shape index (κ1) is 23.3. The van der Waals surface area contributed by atoms with Crippen LogP contribution in [0.3, 0.4) is 0 Å². The Balaban J connectivity index is 1.38. The number of pyridine rings is 2. The summed E-state index contributed by atoms with van der Waals surface area (Å²) < 4.78 is 0. The molecule has 0 bridgehead atoms. The highest BCUT2D eigenvalue weighted by Gasteiger charge is 2.28. The predicted molar refractivity (Wildman–Crippen MR) is 140 cm³/mol. The van der Waals surface area contributed by atoms with Gasteiger partial charge in [0.2, 0.25) is 0 Å². The maximum Gasteiger partial charge on any atom is 0.314 e. The Morgan fingerprint density at radius 1 is 1.06 bits per heavy atom. The minimum atomic E-state index is -0.0931. The molecule has 3 N–H and O–H groups in total. The summed E-state index contributed by atoms with van der Waals surface area (Å²) in [5.74, 6) is 0. The van der Waals surface area contributed by atoms with Gasteiger partial charge in [0, 0.05) is 48.3 Å². The summed E-state index contributed by atoms with van der Waals surface area (Å²) in [7, 11) is 0. The van der Waals surface area contributed by atoms with Crippen LogP contribution in [0.5, 0.6) is 0 Å². The molecule has 182 valence electrons. The largest absolute Gasteiger partial charge is 0.353 e. The smallest absolute Gasteiger partial charge is 0.314 e. The van der Waals surface area contributed by atoms with Gasteiger partial charge < -0.3 is 15.6 Å². The molecule has 7 nitrogen and oxygen atoms in total. The van der Waals surface area contributed by atoms with E-state index in [1.165, 1.54) is 28.5 Å². The van der Waals surface area contributed by atoms with Gasteiger partial charge in [0.05, 0.1) is 22.9 Å². The molecule has 3 heterocycles. The number of aromatic amines is 1. The van der Waals surface area contributed by atoms with Gasteiger partial charge in [0.1, 0.15) is 0 Å². The van der Waals surface area contributed by atoms with Crippen LogP contribution < -0.4 is 10.6 Å². The van der Waals surface area contributed by atoms with E-state index < -0.39 is 0 Å². The number of nitrogens with zero attached hydrogens (tertiary/aromatic N) is 3. The van der Waals surface area contributed by atoms with Crippen LogP contribution in [0.25, 0.3) is 21.8 Å². The average molecular weight is 471 g/mol. The molecule has 0 spiro atoms. The molecule has 35 heavy (non-hydrogen) atoms. The summed E-state index contributed by atoms with van der Waals surface area (Å²) in [5, 5.41) is 8.19. The second kappa shape index (κ2) is 10.9. The van der Waals surface area contributed by atoms with Crippen molar-refractivity contribution in [2.75, 3.05) is 19.6 Å². The number of para-hydroxylation sites is 1. The monoisotopic (exact) mass is 470 g/mol. The topological polar surface area (TPSA) is 85.9 Å². The van der Waals surface area contributed by atoms with E-state index in [1.807, 2.05) is 25.4 Å². The molecule has 0 aliphatic heterocycles. The minimum absolute atomic E-state index is 0.0931. The van der Waals surface area contributed by atoms with Crippen molar-refractivity contribution < 1.29 is 4.79 Å². The molecule has 3 aromatic heterocycles. The van der Waals surface area contributed by atoms with Crippen molar-refractivity contribution in [3.05, 3.63) is 71.8 Å². The molecule has 0 radical (unpaired) electrons. The van der Waals surface area contributed by atoms with Crippen LogP contribution in [0.15, 0.2) is 54.9 Å². The third kappa shape index (κ3) is 5.15. The number of hydrogen-bond donors (Lipinski definition) is 3. The summed E-state index contributed by atoms with van der Waals surface area (Å²) in [6.45, 7) is 4.93. The first-order chi connectivity index (χ1) is 17.2. The van der Waals surface area contributed by atoms with Crippen LogP contribution in [-0.4, -0.2) is 45.5 Å². The summed E-state index contributed by atoms with van der Waals surface area (Å²) in [6.07, 6.45) is 9.14. The summed E-state index contributed by atoms with van der Waals surface area (Å²) in [6, 6.07) is 15.0. The molecule has 0 saturated heterocycles. The van der Waals surface area contributed by atoms with Crippen LogP contribution in [-0.2, 0) is 13.0 Å². The molecule has 0 saturated carbocycles. The zero-order valence-electron chi connectivity index (χ0n) is 20.4. The number of unbranched alkanes of at least 4 members (excludes halogenated alkanes) is 1. The predicted octanol–water partition coefficient (Wildman–Crippen LogP) is 5.09. The molecule has 7 heteroatoms. The standard InChI is InChI=1S/C28H34N6O/c1-2-29-28(35)32-15-5-6-18-34(25-13-7-9-20-10-8-16-31-26(20)25)19-24-27-22(14-17-30-24)21-11-3-4-12-23(21)33-27/h3-4,8,10-12,14,16-17,25,33H,2,5-7,9,13,15,18-19H2,1H3,(H2,29,32,35)/t25-/m0/s1. The second-order valence-electron chi connectivity index (χ2n) is 9.27. The molecule has 2 amide bonds. The lowest BCUT2D eigenvalue weighted by Gasteiger charge is -2.35. The number of fused-ring (bicyclic) bond motifs is 4. The van der Waals surface area contributed by atoms with E-state index in [2.05, 4.69) is 56.9 Å². The number of aryl methyl sites for hydroxylation is 1. The van der Waals surface area contributed by atoms with E-state index in [0.29, 0.717) is 13.1 Å². The Morgan fingerprint density at radius 3 is 2.89 bits per heavy atom. The van der Waals surface area contributed by atoms with E-state index in [1.54, 1.807) is 0 Å². The van der Waals surface area contributed by atoms with Crippen molar-refractivity contribution in [1.29, 1.82) is 0 Å². The van der Waals surface area contributed by atoms with Crippen molar-refractivity contribution in [3.8, 4) is 0 Å². The number of H-pyrrole nitrogens is 1. The molecule has 1 atom stereocenters. The lowest BCUT2D eigenvalue weighted by Crippen LogP contribution is -2.36. The number of carbonyl (C=O) groups is 1. The van der Waals surface area contributed by atoms with Gasteiger partial charge in [0.15, 0.2) is 0 Å². The molecule has 1 aliphatic rings. The maximum atomic E-state index is 11.7. The summed E-state index contributed by atoms with van der Waals surface area (Å²) in [4.78, 5) is 27.5. The van der Waals surface area contributed by atoms with Crippen molar-refractivity contribution in [2.45, 2.75) is 51.6 Å². The fourth-order valence-corrected chi connectivity index (χ4v) is 5.29. The van der Waals surface area contributed by atoms with Crippen molar-refractivity contribution >= 4 is 27.8 Å². The van der Waals surface area contributed by atoms with Gasteiger partial charge in [-0.25, -0.2) is 4.79 Å². The van der Waals surface area contributed by atoms with Gasteiger partial charge in [-0.2, -0.15) is 0 Å². The fraction of sp³-hybridized carbons (Fsp3) is 0.393. The zero-order valence-corrected chi connectivity index (χ0v) is 20.4. The Hall–Kier alpha value is -3.45. The van der Waals surface area contributed by atoms with E-state index in [0.717, 1.165) is 55.5 Å². The van der Waals surface area contributed by atoms with Gasteiger partial charge in [-0.15, -0.1) is 0 Å². The highest BCUT2D eigenvalue weighted by molar-refractivity contribution is 6.07. The summed E-state index contributed by atoms with van der Waals surface area (Å²) in [5.41, 5.74) is 5.91. The third-order valence-electron chi connectivity index (χ3n) is 6.96. The Morgan fingerprint density at radius 2 is 1.97 bits per heavy atom. The molecular weight excluding hydrogens is 436 g/mol. The van der Waals surface area contributed by atoms with Gasteiger partial charge >= 0.3 is 6.03 Å². The van der Waals surface area contributed by atoms with Gasteiger partial charge in [-0.1, -0.05) is 24.3 Å². The number of carbonyl (C=O) groups excluding carboxylic acids is 1. The van der Waals surface area contributed by atoms with Crippen LogP contribution in [0.4, 0.5) is 4.79 Å². The van der Waals surface area contributed by atoms with Gasteiger partial charge in [-0.05, 0) is 69.3 Å². The fourth-order valence-electron chi connectivity index (χ4n) is 5.29. The number of aromatic nitrogens is 3. The van der Waals surface area contributed by atoms with Crippen LogP contribution >= 0.6 is 0 Å². The molecule has 1 aromatic carbocycles. The molecule has 1 aliphatic carbocycles. The molecule has 4 aromatic rings. The zero-order chi connectivity index (χ0) is 24.0. The number of urea groups is 1. The first-order valence-electron chi connectivity index (χ1n) is 12.8. The molecule has 0 unspecified atom stereocenters. The first-order valence-corrected chi connectivity index (χ1v) is 12.8. The molecule has 0 fully saturated rings. The lowest BCUT2D eigenvalue weighted by atomic mass is 9.90. The van der Waals surface area contributed by atoms with E-state index in [-0.39, 0.29) is 12.1 Å². The van der Waals surface area contributed by atoms with Crippen molar-refractivity contribution in [3.63, 3.8) is 0 Å². The molecule has 5 rings (SSSR count). The number of rotatable bonds is 9.